The summed E-state index contributed by atoms with van der Waals surface area (Å²) in [6.45, 7) is 2.36. The summed E-state index contributed by atoms with van der Waals surface area (Å²) < 4.78 is 0. The van der Waals surface area contributed by atoms with Gasteiger partial charge in [0.15, 0.2) is 0 Å². The van der Waals surface area contributed by atoms with Gasteiger partial charge in [-0.15, -0.1) is 11.6 Å². The van der Waals surface area contributed by atoms with Gasteiger partial charge in [0.25, 0.3) is 0 Å². The zero-order valence-corrected chi connectivity index (χ0v) is 10.6. The first-order valence-corrected chi connectivity index (χ1v) is 6.59. The molecule has 1 saturated carbocycles. The molecule has 2 rings (SSSR count). The van der Waals surface area contributed by atoms with Gasteiger partial charge in [0.05, 0.1) is 0 Å². The largest absolute Gasteiger partial charge is 0.127 e. The lowest BCUT2D eigenvalue weighted by atomic mass is 9.95. The molecule has 0 radical (unpaired) electrons. The Bertz CT molecular complexity index is 355. The topological polar surface area (TPSA) is 0 Å². The molecule has 0 spiro atoms. The van der Waals surface area contributed by atoms with Crippen LogP contribution in [0.15, 0.2) is 42.5 Å². The van der Waals surface area contributed by atoms with Gasteiger partial charge in [0.2, 0.25) is 0 Å². The van der Waals surface area contributed by atoms with Crippen molar-refractivity contribution < 1.29 is 0 Å². The minimum atomic E-state index is 0.388. The minimum Gasteiger partial charge on any atom is -0.127 e. The lowest BCUT2D eigenvalue weighted by molar-refractivity contribution is 0.734. The van der Waals surface area contributed by atoms with Gasteiger partial charge in [-0.3, -0.25) is 0 Å². The van der Waals surface area contributed by atoms with Crippen molar-refractivity contribution in [3.63, 3.8) is 0 Å². The number of benzene rings is 1. The SMILES string of the molecule is C[C@@]1(c2ccccc2)C[C@H]1/C=C/CCCCl. The molecule has 1 aliphatic carbocycles. The molecule has 0 aromatic heterocycles. The molecule has 0 unspecified atom stereocenters. The molecular weight excluding hydrogens is 216 g/mol. The maximum atomic E-state index is 5.65. The summed E-state index contributed by atoms with van der Waals surface area (Å²) in [6.07, 6.45) is 8.16. The number of halogens is 1. The van der Waals surface area contributed by atoms with E-state index in [1.54, 1.807) is 0 Å². The molecule has 1 fully saturated rings. The highest BCUT2D eigenvalue weighted by Crippen LogP contribution is 2.54. The Kier molecular flexibility index (Phi) is 3.70. The van der Waals surface area contributed by atoms with E-state index < -0.39 is 0 Å². The average molecular weight is 235 g/mol. The zero-order valence-electron chi connectivity index (χ0n) is 9.83. The van der Waals surface area contributed by atoms with Gasteiger partial charge < -0.3 is 0 Å². The highest BCUT2D eigenvalue weighted by Gasteiger charge is 2.49. The van der Waals surface area contributed by atoms with E-state index in [2.05, 4.69) is 49.4 Å². The highest BCUT2D eigenvalue weighted by molar-refractivity contribution is 6.17. The third kappa shape index (κ3) is 2.49. The van der Waals surface area contributed by atoms with Crippen molar-refractivity contribution in [2.75, 3.05) is 5.88 Å². The molecule has 1 aromatic carbocycles. The fourth-order valence-corrected chi connectivity index (χ4v) is 2.44. The van der Waals surface area contributed by atoms with Crippen molar-refractivity contribution >= 4 is 11.6 Å². The van der Waals surface area contributed by atoms with E-state index in [-0.39, 0.29) is 0 Å². The molecule has 1 aromatic rings. The molecule has 0 bridgehead atoms. The Labute approximate surface area is 103 Å². The van der Waals surface area contributed by atoms with Gasteiger partial charge >= 0.3 is 0 Å². The summed E-state index contributed by atoms with van der Waals surface area (Å²) in [5, 5.41) is 0. The Hall–Kier alpha value is -0.750. The summed E-state index contributed by atoms with van der Waals surface area (Å²) >= 11 is 5.65. The lowest BCUT2D eigenvalue weighted by Crippen LogP contribution is -2.02. The first kappa shape index (κ1) is 11.7. The predicted molar refractivity (Wildman–Crippen MR) is 71.0 cm³/mol. The molecule has 16 heavy (non-hydrogen) atoms. The summed E-state index contributed by atoms with van der Waals surface area (Å²) in [5.41, 5.74) is 1.86. The first-order valence-electron chi connectivity index (χ1n) is 6.05. The van der Waals surface area contributed by atoms with Gasteiger partial charge in [0, 0.05) is 5.88 Å². The van der Waals surface area contributed by atoms with Crippen LogP contribution in [0, 0.1) is 5.92 Å². The molecule has 1 heteroatoms. The van der Waals surface area contributed by atoms with Crippen molar-refractivity contribution in [3.8, 4) is 0 Å². The summed E-state index contributed by atoms with van der Waals surface area (Å²) in [6, 6.07) is 10.8. The summed E-state index contributed by atoms with van der Waals surface area (Å²) in [4.78, 5) is 0. The van der Waals surface area contributed by atoms with Crippen LogP contribution in [0.4, 0.5) is 0 Å². The normalized spacial score (nSPS) is 28.5. The highest BCUT2D eigenvalue weighted by atomic mass is 35.5. The van der Waals surface area contributed by atoms with Crippen LogP contribution in [0.1, 0.15) is 31.7 Å². The van der Waals surface area contributed by atoms with Crippen LogP contribution in [0.2, 0.25) is 0 Å². The Balaban J connectivity index is 1.92. The van der Waals surface area contributed by atoms with Crippen LogP contribution in [0.5, 0.6) is 0 Å². The van der Waals surface area contributed by atoms with Gasteiger partial charge in [-0.1, -0.05) is 49.4 Å². The Morgan fingerprint density at radius 2 is 2.12 bits per heavy atom. The second kappa shape index (κ2) is 5.05. The number of rotatable bonds is 5. The molecule has 0 aliphatic heterocycles. The van der Waals surface area contributed by atoms with E-state index in [1.807, 2.05) is 0 Å². The predicted octanol–water partition coefficient (Wildman–Crippen LogP) is 4.54. The van der Waals surface area contributed by atoms with Crippen molar-refractivity contribution in [2.24, 2.45) is 5.92 Å². The van der Waals surface area contributed by atoms with Crippen LogP contribution in [-0.4, -0.2) is 5.88 Å². The lowest BCUT2D eigenvalue weighted by Gasteiger charge is -2.09. The van der Waals surface area contributed by atoms with Crippen LogP contribution in [-0.2, 0) is 5.41 Å². The van der Waals surface area contributed by atoms with Crippen LogP contribution < -0.4 is 0 Å². The fraction of sp³-hybridized carbons (Fsp3) is 0.467. The molecule has 0 heterocycles. The third-order valence-corrected chi connectivity index (χ3v) is 3.88. The van der Waals surface area contributed by atoms with E-state index in [0.29, 0.717) is 5.41 Å². The van der Waals surface area contributed by atoms with Crippen LogP contribution >= 0.6 is 11.6 Å². The van der Waals surface area contributed by atoms with Gasteiger partial charge in [-0.25, -0.2) is 0 Å². The monoisotopic (exact) mass is 234 g/mol. The molecular formula is C15H19Cl. The second-order valence-electron chi connectivity index (χ2n) is 4.85. The molecule has 0 N–H and O–H groups in total. The van der Waals surface area contributed by atoms with Crippen molar-refractivity contribution in [3.05, 3.63) is 48.0 Å². The summed E-state index contributed by atoms with van der Waals surface area (Å²) in [7, 11) is 0. The number of alkyl halides is 1. The standard InChI is InChI=1S/C15H19Cl/c1-15(13-8-4-2-5-9-13)12-14(15)10-6-3-7-11-16/h2,4-6,8-10,14H,3,7,11-12H2,1H3/b10-6+/t14-,15+/m1/s1. The molecule has 0 amide bonds. The van der Waals surface area contributed by atoms with E-state index >= 15 is 0 Å². The van der Waals surface area contributed by atoms with E-state index in [1.165, 1.54) is 12.0 Å². The Morgan fingerprint density at radius 3 is 2.81 bits per heavy atom. The minimum absolute atomic E-state index is 0.388. The van der Waals surface area contributed by atoms with Crippen molar-refractivity contribution in [1.82, 2.24) is 0 Å². The molecule has 0 nitrogen and oxygen atoms in total. The van der Waals surface area contributed by atoms with Gasteiger partial charge in [0.1, 0.15) is 0 Å². The summed E-state index contributed by atoms with van der Waals surface area (Å²) in [5.74, 6) is 1.50. The van der Waals surface area contributed by atoms with Crippen LogP contribution in [0.25, 0.3) is 0 Å². The number of hydrogen-bond acceptors (Lipinski definition) is 0. The number of hydrogen-bond donors (Lipinski definition) is 0. The quantitative estimate of drug-likeness (QED) is 0.399. The molecule has 0 saturated heterocycles. The number of allylic oxidation sites excluding steroid dienone is 2. The van der Waals surface area contributed by atoms with E-state index in [0.717, 1.165) is 24.6 Å². The molecule has 86 valence electrons. The smallest absolute Gasteiger partial charge is 0.0226 e. The molecule has 1 aliphatic rings. The second-order valence-corrected chi connectivity index (χ2v) is 5.23. The average Bonchev–Trinajstić information content (AvgIpc) is 2.99. The van der Waals surface area contributed by atoms with Crippen molar-refractivity contribution in [2.45, 2.75) is 31.6 Å². The maximum absolute atomic E-state index is 5.65. The molecule has 2 atom stereocenters. The number of unbranched alkanes of at least 4 members (excludes halogenated alkanes) is 1. The van der Waals surface area contributed by atoms with E-state index in [9.17, 15) is 0 Å². The Morgan fingerprint density at radius 1 is 1.38 bits per heavy atom. The zero-order chi connectivity index (χ0) is 11.4. The van der Waals surface area contributed by atoms with E-state index in [4.69, 9.17) is 11.6 Å². The van der Waals surface area contributed by atoms with Crippen molar-refractivity contribution in [1.29, 1.82) is 0 Å². The van der Waals surface area contributed by atoms with Gasteiger partial charge in [-0.05, 0) is 36.2 Å². The first-order chi connectivity index (χ1) is 7.77. The van der Waals surface area contributed by atoms with Gasteiger partial charge in [-0.2, -0.15) is 0 Å². The van der Waals surface area contributed by atoms with Crippen LogP contribution in [0.3, 0.4) is 0 Å². The third-order valence-electron chi connectivity index (χ3n) is 3.61. The fourth-order valence-electron chi connectivity index (χ4n) is 2.28. The maximum Gasteiger partial charge on any atom is 0.0226 e.